The van der Waals surface area contributed by atoms with Crippen LogP contribution in [0.15, 0.2) is 35.1 Å². The molecule has 0 aliphatic carbocycles. The van der Waals surface area contributed by atoms with Crippen LogP contribution in [0.25, 0.3) is 10.6 Å². The molecule has 1 amide bonds. The van der Waals surface area contributed by atoms with E-state index in [1.54, 1.807) is 28.3 Å². The average molecular weight is 400 g/mol. The van der Waals surface area contributed by atoms with Gasteiger partial charge in [-0.05, 0) is 38.5 Å². The second-order valence-corrected chi connectivity index (χ2v) is 8.67. The number of aryl methyl sites for hydroxylation is 3. The van der Waals surface area contributed by atoms with Crippen LogP contribution in [-0.2, 0) is 6.54 Å². The summed E-state index contributed by atoms with van der Waals surface area (Å²) in [4.78, 5) is 20.4. The number of carbonyl (C=O) groups is 1. The van der Waals surface area contributed by atoms with Gasteiger partial charge in [0.25, 0.3) is 5.91 Å². The summed E-state index contributed by atoms with van der Waals surface area (Å²) in [5.41, 5.74) is 2.18. The van der Waals surface area contributed by atoms with Gasteiger partial charge in [-0.1, -0.05) is 5.16 Å². The molecule has 0 bridgehead atoms. The predicted octanol–water partition coefficient (Wildman–Crippen LogP) is 4.28. The summed E-state index contributed by atoms with van der Waals surface area (Å²) in [6.45, 7) is 6.44. The van der Waals surface area contributed by atoms with Gasteiger partial charge in [-0.15, -0.1) is 22.7 Å². The maximum atomic E-state index is 12.5. The van der Waals surface area contributed by atoms with E-state index in [2.05, 4.69) is 39.6 Å². The zero-order valence-corrected chi connectivity index (χ0v) is 16.6. The molecule has 7 nitrogen and oxygen atoms in total. The quantitative estimate of drug-likeness (QED) is 0.541. The van der Waals surface area contributed by atoms with Crippen molar-refractivity contribution in [3.05, 3.63) is 57.4 Å². The number of nitrogens with zero attached hydrogens (tertiary/aromatic N) is 4. The predicted molar refractivity (Wildman–Crippen MR) is 105 cm³/mol. The average Bonchev–Trinajstić information content (AvgIpc) is 3.38. The summed E-state index contributed by atoms with van der Waals surface area (Å²) in [5, 5.41) is 11.4. The van der Waals surface area contributed by atoms with Crippen LogP contribution in [0.4, 0.5) is 5.13 Å². The van der Waals surface area contributed by atoms with Crippen LogP contribution in [0.5, 0.6) is 0 Å². The third kappa shape index (κ3) is 3.83. The van der Waals surface area contributed by atoms with Crippen LogP contribution < -0.4 is 5.32 Å². The van der Waals surface area contributed by atoms with Gasteiger partial charge < -0.3 is 4.52 Å². The fourth-order valence-corrected chi connectivity index (χ4v) is 4.41. The topological polar surface area (TPSA) is 85.8 Å². The lowest BCUT2D eigenvalue weighted by molar-refractivity contribution is 0.101. The fourth-order valence-electron chi connectivity index (χ4n) is 2.61. The molecule has 0 radical (unpaired) electrons. The highest BCUT2D eigenvalue weighted by atomic mass is 32.1. The Labute approximate surface area is 163 Å². The molecular formula is C18H17N5O2S2. The summed E-state index contributed by atoms with van der Waals surface area (Å²) in [6.07, 6.45) is 3.66. The van der Waals surface area contributed by atoms with E-state index >= 15 is 0 Å². The number of hydrogen-bond donors (Lipinski definition) is 1. The number of nitrogens with one attached hydrogen (secondary N) is 1. The molecule has 4 heterocycles. The number of anilines is 1. The van der Waals surface area contributed by atoms with Crippen molar-refractivity contribution in [2.75, 3.05) is 5.32 Å². The molecular weight excluding hydrogens is 382 g/mol. The monoisotopic (exact) mass is 399 g/mol. The minimum atomic E-state index is -0.343. The summed E-state index contributed by atoms with van der Waals surface area (Å²) in [5.74, 6) is 0.220. The maximum absolute atomic E-state index is 12.5. The van der Waals surface area contributed by atoms with Gasteiger partial charge in [-0.3, -0.25) is 14.8 Å². The SMILES string of the molecule is Cc1cnn(Cc2cc(C(=O)Nc3nc(-c4ccc(C)s4)c(C)s3)no2)c1. The summed E-state index contributed by atoms with van der Waals surface area (Å²) < 4.78 is 6.98. The van der Waals surface area contributed by atoms with Crippen LogP contribution >= 0.6 is 22.7 Å². The molecule has 0 aliphatic heterocycles. The van der Waals surface area contributed by atoms with Crippen LogP contribution in [0.1, 0.15) is 31.6 Å². The van der Waals surface area contributed by atoms with Crippen molar-refractivity contribution in [2.24, 2.45) is 0 Å². The number of aromatic nitrogens is 4. The van der Waals surface area contributed by atoms with Crippen LogP contribution in [0, 0.1) is 20.8 Å². The Balaban J connectivity index is 1.46. The highest BCUT2D eigenvalue weighted by Crippen LogP contribution is 2.34. The molecule has 0 spiro atoms. The van der Waals surface area contributed by atoms with Crippen molar-refractivity contribution >= 4 is 33.7 Å². The Hall–Kier alpha value is -2.78. The van der Waals surface area contributed by atoms with E-state index in [9.17, 15) is 4.79 Å². The lowest BCUT2D eigenvalue weighted by atomic mass is 10.3. The lowest BCUT2D eigenvalue weighted by Crippen LogP contribution is -2.12. The molecule has 0 unspecified atom stereocenters. The molecule has 138 valence electrons. The summed E-state index contributed by atoms with van der Waals surface area (Å²) in [6, 6.07) is 5.74. The fraction of sp³-hybridized carbons (Fsp3) is 0.222. The Kier molecular flexibility index (Phi) is 4.63. The molecule has 0 aromatic carbocycles. The molecule has 4 rings (SSSR count). The first kappa shape index (κ1) is 17.6. The van der Waals surface area contributed by atoms with Crippen molar-refractivity contribution in [3.63, 3.8) is 0 Å². The zero-order valence-electron chi connectivity index (χ0n) is 15.0. The van der Waals surface area contributed by atoms with Gasteiger partial charge in [0.05, 0.1) is 16.8 Å². The normalized spacial score (nSPS) is 11.1. The van der Waals surface area contributed by atoms with Crippen molar-refractivity contribution in [2.45, 2.75) is 27.3 Å². The largest absolute Gasteiger partial charge is 0.359 e. The minimum Gasteiger partial charge on any atom is -0.359 e. The second kappa shape index (κ2) is 7.09. The molecule has 0 atom stereocenters. The highest BCUT2D eigenvalue weighted by molar-refractivity contribution is 7.18. The van der Waals surface area contributed by atoms with Gasteiger partial charge in [0.1, 0.15) is 6.54 Å². The Bertz CT molecular complexity index is 1100. The second-order valence-electron chi connectivity index (χ2n) is 6.18. The standard InChI is InChI=1S/C18H17N5O2S2/c1-10-7-19-23(8-10)9-13-6-14(22-25-13)17(24)21-18-20-16(12(3)27-18)15-5-4-11(2)26-15/h4-8H,9H2,1-3H3,(H,20,21,24). The van der Waals surface area contributed by atoms with E-state index in [4.69, 9.17) is 4.52 Å². The van der Waals surface area contributed by atoms with E-state index < -0.39 is 0 Å². The molecule has 1 N–H and O–H groups in total. The van der Waals surface area contributed by atoms with E-state index in [0.29, 0.717) is 17.4 Å². The van der Waals surface area contributed by atoms with E-state index in [1.165, 1.54) is 16.2 Å². The van der Waals surface area contributed by atoms with E-state index in [1.807, 2.05) is 20.0 Å². The van der Waals surface area contributed by atoms with Gasteiger partial charge >= 0.3 is 0 Å². The first-order chi connectivity index (χ1) is 13.0. The molecule has 4 aromatic rings. The third-order valence-corrected chi connectivity index (χ3v) is 5.76. The lowest BCUT2D eigenvalue weighted by Gasteiger charge is -1.96. The van der Waals surface area contributed by atoms with Gasteiger partial charge in [0.2, 0.25) is 0 Å². The molecule has 27 heavy (non-hydrogen) atoms. The van der Waals surface area contributed by atoms with Crippen molar-refractivity contribution in [3.8, 4) is 10.6 Å². The van der Waals surface area contributed by atoms with Crippen molar-refractivity contribution < 1.29 is 9.32 Å². The number of hydrogen-bond acceptors (Lipinski definition) is 7. The third-order valence-electron chi connectivity index (χ3n) is 3.86. The van der Waals surface area contributed by atoms with Gasteiger partial charge in [-0.2, -0.15) is 5.10 Å². The first-order valence-electron chi connectivity index (χ1n) is 8.28. The molecule has 0 fully saturated rings. The first-order valence-corrected chi connectivity index (χ1v) is 9.91. The molecule has 9 heteroatoms. The van der Waals surface area contributed by atoms with Gasteiger partial charge in [0, 0.05) is 22.0 Å². The zero-order chi connectivity index (χ0) is 19.0. The van der Waals surface area contributed by atoms with Crippen LogP contribution in [0.3, 0.4) is 0 Å². The Morgan fingerprint density at radius 3 is 2.81 bits per heavy atom. The van der Waals surface area contributed by atoms with Gasteiger partial charge in [0.15, 0.2) is 16.6 Å². The number of rotatable bonds is 5. The van der Waals surface area contributed by atoms with Crippen molar-refractivity contribution in [1.82, 2.24) is 19.9 Å². The van der Waals surface area contributed by atoms with Gasteiger partial charge in [-0.25, -0.2) is 4.98 Å². The molecule has 0 aliphatic rings. The number of carbonyl (C=O) groups excluding carboxylic acids is 1. The molecule has 0 saturated heterocycles. The summed E-state index contributed by atoms with van der Waals surface area (Å²) >= 11 is 3.13. The minimum absolute atomic E-state index is 0.218. The molecule has 4 aromatic heterocycles. The maximum Gasteiger partial charge on any atom is 0.279 e. The number of thiazole rings is 1. The highest BCUT2D eigenvalue weighted by Gasteiger charge is 2.17. The van der Waals surface area contributed by atoms with Crippen molar-refractivity contribution in [1.29, 1.82) is 0 Å². The Morgan fingerprint density at radius 1 is 1.26 bits per heavy atom. The van der Waals surface area contributed by atoms with E-state index in [0.717, 1.165) is 21.0 Å². The van der Waals surface area contributed by atoms with Crippen LogP contribution in [-0.4, -0.2) is 25.8 Å². The van der Waals surface area contributed by atoms with Crippen LogP contribution in [0.2, 0.25) is 0 Å². The Morgan fingerprint density at radius 2 is 2.11 bits per heavy atom. The number of amides is 1. The van der Waals surface area contributed by atoms with E-state index in [-0.39, 0.29) is 11.6 Å². The number of thiophene rings is 1. The summed E-state index contributed by atoms with van der Waals surface area (Å²) in [7, 11) is 0. The molecule has 0 saturated carbocycles. The smallest absolute Gasteiger partial charge is 0.279 e.